The molecule has 1 rings (SSSR count). The smallest absolute Gasteiger partial charge is 0.0916 e. The third-order valence-corrected chi connectivity index (χ3v) is 1.78. The van der Waals surface area contributed by atoms with Gasteiger partial charge in [-0.1, -0.05) is 20.8 Å². The van der Waals surface area contributed by atoms with Crippen molar-refractivity contribution in [1.82, 2.24) is 0 Å². The maximum absolute atomic E-state index is 5.47. The first-order valence-corrected chi connectivity index (χ1v) is 3.52. The molecule has 1 fully saturated rings. The van der Waals surface area contributed by atoms with E-state index in [-0.39, 0.29) is 5.60 Å². The fourth-order valence-electron chi connectivity index (χ4n) is 1.49. The Morgan fingerprint density at radius 2 is 1.56 bits per heavy atom. The van der Waals surface area contributed by atoms with E-state index in [1.807, 2.05) is 0 Å². The van der Waals surface area contributed by atoms with Crippen molar-refractivity contribution in [3.05, 3.63) is 0 Å². The molecule has 0 bridgehead atoms. The van der Waals surface area contributed by atoms with Crippen LogP contribution in [0.25, 0.3) is 0 Å². The van der Waals surface area contributed by atoms with Crippen LogP contribution in [-0.4, -0.2) is 11.7 Å². The molecule has 0 aromatic rings. The highest BCUT2D eigenvalue weighted by Crippen LogP contribution is 2.46. The Balaban J connectivity index is 2.52. The summed E-state index contributed by atoms with van der Waals surface area (Å²) >= 11 is 0. The van der Waals surface area contributed by atoms with Crippen LogP contribution in [0.3, 0.4) is 0 Å². The summed E-state index contributed by atoms with van der Waals surface area (Å²) in [5, 5.41) is 0. The van der Waals surface area contributed by atoms with Crippen LogP contribution in [0, 0.1) is 5.41 Å². The summed E-state index contributed by atoms with van der Waals surface area (Å²) in [6.45, 7) is 10.9. The zero-order chi connectivity index (χ0) is 7.28. The molecule has 0 radical (unpaired) electrons. The normalized spacial score (nSPS) is 32.3. The molecule has 0 aliphatic carbocycles. The Kier molecular flexibility index (Phi) is 1.19. The molecule has 1 aliphatic rings. The molecule has 1 saturated heterocycles. The fourth-order valence-corrected chi connectivity index (χ4v) is 1.49. The van der Waals surface area contributed by atoms with Gasteiger partial charge in [-0.15, -0.1) is 0 Å². The van der Waals surface area contributed by atoms with Crippen LogP contribution < -0.4 is 0 Å². The second kappa shape index (κ2) is 1.51. The zero-order valence-corrected chi connectivity index (χ0v) is 6.99. The molecule has 0 aromatic carbocycles. The van der Waals surface area contributed by atoms with Gasteiger partial charge in [0.05, 0.1) is 11.7 Å². The summed E-state index contributed by atoms with van der Waals surface area (Å²) in [6.07, 6.45) is 0.463. The van der Waals surface area contributed by atoms with Crippen LogP contribution in [0.5, 0.6) is 0 Å². The largest absolute Gasteiger partial charge is 0.366 e. The van der Waals surface area contributed by atoms with E-state index in [1.54, 1.807) is 0 Å². The first-order valence-electron chi connectivity index (χ1n) is 3.52. The van der Waals surface area contributed by atoms with Crippen LogP contribution in [0.2, 0.25) is 0 Å². The highest BCUT2D eigenvalue weighted by Gasteiger charge is 2.54. The Hall–Kier alpha value is -0.0400. The number of hydrogen-bond acceptors (Lipinski definition) is 1. The van der Waals surface area contributed by atoms with Gasteiger partial charge in [-0.3, -0.25) is 0 Å². The van der Waals surface area contributed by atoms with E-state index in [1.165, 1.54) is 0 Å². The lowest BCUT2D eigenvalue weighted by atomic mass is 9.86. The average molecular weight is 128 g/mol. The van der Waals surface area contributed by atoms with Gasteiger partial charge >= 0.3 is 0 Å². The van der Waals surface area contributed by atoms with Gasteiger partial charge in [0, 0.05) is 0 Å². The summed E-state index contributed by atoms with van der Waals surface area (Å²) in [5.41, 5.74) is 0.474. The van der Waals surface area contributed by atoms with E-state index >= 15 is 0 Å². The standard InChI is InChI=1S/C8H16O/c1-7(2,3)6-8(4,5)9-6/h6H,1-5H3. The lowest BCUT2D eigenvalue weighted by Gasteiger charge is -2.15. The van der Waals surface area contributed by atoms with E-state index in [4.69, 9.17) is 4.74 Å². The van der Waals surface area contributed by atoms with Crippen LogP contribution in [0.4, 0.5) is 0 Å². The second-order valence-corrected chi connectivity index (χ2v) is 4.47. The van der Waals surface area contributed by atoms with E-state index < -0.39 is 0 Å². The van der Waals surface area contributed by atoms with Crippen LogP contribution in [0.15, 0.2) is 0 Å². The summed E-state index contributed by atoms with van der Waals surface area (Å²) in [5.74, 6) is 0. The van der Waals surface area contributed by atoms with Crippen LogP contribution in [-0.2, 0) is 4.74 Å². The summed E-state index contributed by atoms with van der Waals surface area (Å²) in [4.78, 5) is 0. The van der Waals surface area contributed by atoms with Gasteiger partial charge in [0.1, 0.15) is 0 Å². The number of epoxide rings is 1. The predicted octanol–water partition coefficient (Wildman–Crippen LogP) is 2.21. The first kappa shape index (κ1) is 7.07. The van der Waals surface area contributed by atoms with Gasteiger partial charge in [0.15, 0.2) is 0 Å². The summed E-state index contributed by atoms with van der Waals surface area (Å²) in [6, 6.07) is 0. The Bertz CT molecular complexity index is 119. The van der Waals surface area contributed by atoms with Crippen molar-refractivity contribution in [1.29, 1.82) is 0 Å². The zero-order valence-electron chi connectivity index (χ0n) is 6.99. The van der Waals surface area contributed by atoms with Crippen molar-refractivity contribution >= 4 is 0 Å². The third kappa shape index (κ3) is 1.26. The topological polar surface area (TPSA) is 12.5 Å². The quantitative estimate of drug-likeness (QED) is 0.456. The minimum Gasteiger partial charge on any atom is -0.366 e. The Labute approximate surface area is 57.4 Å². The van der Waals surface area contributed by atoms with Gasteiger partial charge in [-0.2, -0.15) is 0 Å². The third-order valence-electron chi connectivity index (χ3n) is 1.78. The maximum atomic E-state index is 5.47. The van der Waals surface area contributed by atoms with E-state index in [0.29, 0.717) is 11.5 Å². The first-order chi connectivity index (χ1) is 3.84. The van der Waals surface area contributed by atoms with E-state index in [2.05, 4.69) is 34.6 Å². The van der Waals surface area contributed by atoms with Gasteiger partial charge < -0.3 is 4.74 Å². The molecule has 0 amide bonds. The van der Waals surface area contributed by atoms with Crippen molar-refractivity contribution in [3.63, 3.8) is 0 Å². The summed E-state index contributed by atoms with van der Waals surface area (Å²) < 4.78 is 5.47. The van der Waals surface area contributed by atoms with Crippen LogP contribution >= 0.6 is 0 Å². The van der Waals surface area contributed by atoms with Crippen molar-refractivity contribution in [2.45, 2.75) is 46.3 Å². The lowest BCUT2D eigenvalue weighted by molar-refractivity contribution is 0.252. The van der Waals surface area contributed by atoms with Crippen molar-refractivity contribution in [3.8, 4) is 0 Å². The Morgan fingerprint density at radius 1 is 1.22 bits per heavy atom. The molecule has 0 spiro atoms. The number of hydrogen-bond donors (Lipinski definition) is 0. The van der Waals surface area contributed by atoms with Gasteiger partial charge in [-0.05, 0) is 19.3 Å². The van der Waals surface area contributed by atoms with Crippen molar-refractivity contribution in [2.24, 2.45) is 5.41 Å². The van der Waals surface area contributed by atoms with Gasteiger partial charge in [-0.25, -0.2) is 0 Å². The van der Waals surface area contributed by atoms with Gasteiger partial charge in [0.2, 0.25) is 0 Å². The molecular formula is C8H16O. The average Bonchev–Trinajstić information content (AvgIpc) is 2.10. The highest BCUT2D eigenvalue weighted by atomic mass is 16.6. The van der Waals surface area contributed by atoms with Crippen LogP contribution in [0.1, 0.15) is 34.6 Å². The van der Waals surface area contributed by atoms with Crippen molar-refractivity contribution in [2.75, 3.05) is 0 Å². The lowest BCUT2D eigenvalue weighted by Crippen LogP contribution is -2.19. The fraction of sp³-hybridized carbons (Fsp3) is 1.00. The molecule has 1 aliphatic heterocycles. The van der Waals surface area contributed by atoms with E-state index in [0.717, 1.165) is 0 Å². The molecular weight excluding hydrogens is 112 g/mol. The molecule has 0 N–H and O–H groups in total. The maximum Gasteiger partial charge on any atom is 0.0916 e. The molecule has 9 heavy (non-hydrogen) atoms. The van der Waals surface area contributed by atoms with Crippen molar-refractivity contribution < 1.29 is 4.74 Å². The summed E-state index contributed by atoms with van der Waals surface area (Å²) in [7, 11) is 0. The Morgan fingerprint density at radius 3 is 1.56 bits per heavy atom. The monoisotopic (exact) mass is 128 g/mol. The highest BCUT2D eigenvalue weighted by molar-refractivity contribution is 5.01. The second-order valence-electron chi connectivity index (χ2n) is 4.47. The molecule has 0 saturated carbocycles. The minimum atomic E-state index is 0.151. The number of ether oxygens (including phenoxy) is 1. The molecule has 54 valence electrons. The molecule has 1 heteroatoms. The van der Waals surface area contributed by atoms with E-state index in [9.17, 15) is 0 Å². The molecule has 1 heterocycles. The molecule has 1 unspecified atom stereocenters. The molecule has 0 aromatic heterocycles. The minimum absolute atomic E-state index is 0.151. The van der Waals surface area contributed by atoms with Gasteiger partial charge in [0.25, 0.3) is 0 Å². The molecule has 1 atom stereocenters. The number of rotatable bonds is 0. The SMILES string of the molecule is CC(C)(C)C1OC1(C)C. The predicted molar refractivity (Wildman–Crippen MR) is 38.4 cm³/mol. The molecule has 1 nitrogen and oxygen atoms in total.